The highest BCUT2D eigenvalue weighted by atomic mass is 14.8. The molecule has 1 heteroatoms. The van der Waals surface area contributed by atoms with E-state index in [2.05, 4.69) is 43.4 Å². The van der Waals surface area contributed by atoms with Gasteiger partial charge in [-0.1, -0.05) is 31.2 Å². The predicted octanol–water partition coefficient (Wildman–Crippen LogP) is 2.71. The molecule has 1 N–H and O–H groups in total. The zero-order chi connectivity index (χ0) is 9.68. The van der Waals surface area contributed by atoms with Crippen molar-refractivity contribution in [1.82, 2.24) is 5.32 Å². The minimum atomic E-state index is 0.661. The van der Waals surface area contributed by atoms with Gasteiger partial charge in [0.1, 0.15) is 0 Å². The van der Waals surface area contributed by atoms with Gasteiger partial charge in [0, 0.05) is 0 Å². The minimum Gasteiger partial charge on any atom is -0.320 e. The van der Waals surface area contributed by atoms with E-state index in [0.717, 1.165) is 6.54 Å². The molecule has 1 atom stereocenters. The minimum absolute atomic E-state index is 0.661. The van der Waals surface area contributed by atoms with Crippen molar-refractivity contribution in [2.24, 2.45) is 0 Å². The first-order valence-corrected chi connectivity index (χ1v) is 4.96. The Morgan fingerprint density at radius 3 is 2.62 bits per heavy atom. The van der Waals surface area contributed by atoms with Crippen molar-refractivity contribution in [2.75, 3.05) is 13.6 Å². The van der Waals surface area contributed by atoms with E-state index in [-0.39, 0.29) is 0 Å². The first kappa shape index (κ1) is 10.3. The summed E-state index contributed by atoms with van der Waals surface area (Å²) in [6, 6.07) is 8.64. The average molecular weight is 177 g/mol. The second kappa shape index (κ2) is 5.03. The lowest BCUT2D eigenvalue weighted by molar-refractivity contribution is 0.634. The second-order valence-corrected chi connectivity index (χ2v) is 3.65. The van der Waals surface area contributed by atoms with Gasteiger partial charge in [-0.3, -0.25) is 0 Å². The summed E-state index contributed by atoms with van der Waals surface area (Å²) in [6.07, 6.45) is 1.21. The number of hydrogen-bond acceptors (Lipinski definition) is 1. The van der Waals surface area contributed by atoms with Gasteiger partial charge >= 0.3 is 0 Å². The third kappa shape index (κ3) is 2.85. The van der Waals surface area contributed by atoms with Crippen LogP contribution < -0.4 is 5.32 Å². The Labute approximate surface area is 81.2 Å². The Morgan fingerprint density at radius 2 is 2.00 bits per heavy atom. The molecule has 0 radical (unpaired) electrons. The van der Waals surface area contributed by atoms with Crippen molar-refractivity contribution in [1.29, 1.82) is 0 Å². The molecule has 0 aromatic heterocycles. The van der Waals surface area contributed by atoms with E-state index >= 15 is 0 Å². The van der Waals surface area contributed by atoms with Gasteiger partial charge in [-0.05, 0) is 44.0 Å². The zero-order valence-corrected chi connectivity index (χ0v) is 8.80. The molecule has 1 nitrogen and oxygen atoms in total. The summed E-state index contributed by atoms with van der Waals surface area (Å²) in [7, 11) is 2.00. The third-order valence-corrected chi connectivity index (χ3v) is 2.55. The fraction of sp³-hybridized carbons (Fsp3) is 0.500. The van der Waals surface area contributed by atoms with E-state index in [1.165, 1.54) is 17.5 Å². The van der Waals surface area contributed by atoms with Crippen molar-refractivity contribution in [3.05, 3.63) is 35.4 Å². The molecule has 0 bridgehead atoms. The first-order chi connectivity index (χ1) is 6.25. The highest BCUT2D eigenvalue weighted by Crippen LogP contribution is 2.21. The van der Waals surface area contributed by atoms with Crippen molar-refractivity contribution >= 4 is 0 Å². The second-order valence-electron chi connectivity index (χ2n) is 3.65. The van der Waals surface area contributed by atoms with Crippen molar-refractivity contribution in [3.8, 4) is 0 Å². The molecule has 0 saturated carbocycles. The van der Waals surface area contributed by atoms with Crippen molar-refractivity contribution in [2.45, 2.75) is 26.2 Å². The van der Waals surface area contributed by atoms with Crippen LogP contribution in [0.15, 0.2) is 24.3 Å². The summed E-state index contributed by atoms with van der Waals surface area (Å²) in [5.41, 5.74) is 2.89. The van der Waals surface area contributed by atoms with Crippen molar-refractivity contribution in [3.63, 3.8) is 0 Å². The van der Waals surface area contributed by atoms with E-state index in [0.29, 0.717) is 5.92 Å². The van der Waals surface area contributed by atoms with Gasteiger partial charge in [-0.2, -0.15) is 0 Å². The molecule has 0 spiro atoms. The molecule has 1 aromatic rings. The third-order valence-electron chi connectivity index (χ3n) is 2.55. The maximum absolute atomic E-state index is 3.19. The van der Waals surface area contributed by atoms with E-state index in [1.807, 2.05) is 7.05 Å². The molecular weight excluding hydrogens is 158 g/mol. The lowest BCUT2D eigenvalue weighted by Gasteiger charge is -2.13. The molecule has 0 heterocycles. The standard InChI is InChI=1S/C12H19N/c1-10-6-4-5-7-12(10)11(2)8-9-13-3/h4-7,11,13H,8-9H2,1-3H3. The zero-order valence-electron chi connectivity index (χ0n) is 8.80. The normalized spacial score (nSPS) is 12.8. The molecule has 0 amide bonds. The maximum atomic E-state index is 3.19. The van der Waals surface area contributed by atoms with Crippen LogP contribution in [0.25, 0.3) is 0 Å². The van der Waals surface area contributed by atoms with Crippen LogP contribution in [0.4, 0.5) is 0 Å². The summed E-state index contributed by atoms with van der Waals surface area (Å²) < 4.78 is 0. The van der Waals surface area contributed by atoms with Crippen LogP contribution >= 0.6 is 0 Å². The van der Waals surface area contributed by atoms with E-state index in [4.69, 9.17) is 0 Å². The SMILES string of the molecule is CNCCC(C)c1ccccc1C. The topological polar surface area (TPSA) is 12.0 Å². The molecule has 0 aliphatic carbocycles. The van der Waals surface area contributed by atoms with Gasteiger partial charge in [-0.15, -0.1) is 0 Å². The average Bonchev–Trinajstić information content (AvgIpc) is 2.15. The molecular formula is C12H19N. The van der Waals surface area contributed by atoms with E-state index < -0.39 is 0 Å². The number of aryl methyl sites for hydroxylation is 1. The van der Waals surface area contributed by atoms with Crippen LogP contribution in [0.2, 0.25) is 0 Å². The Balaban J connectivity index is 2.65. The van der Waals surface area contributed by atoms with Gasteiger partial charge in [0.15, 0.2) is 0 Å². The lowest BCUT2D eigenvalue weighted by atomic mass is 9.94. The van der Waals surface area contributed by atoms with Crippen molar-refractivity contribution < 1.29 is 0 Å². The monoisotopic (exact) mass is 177 g/mol. The smallest absolute Gasteiger partial charge is 0.00462 e. The molecule has 0 aliphatic rings. The van der Waals surface area contributed by atoms with Crippen LogP contribution in [0.1, 0.15) is 30.4 Å². The fourth-order valence-electron chi connectivity index (χ4n) is 1.66. The quantitative estimate of drug-likeness (QED) is 0.745. The lowest BCUT2D eigenvalue weighted by Crippen LogP contribution is -2.11. The maximum Gasteiger partial charge on any atom is -0.00462 e. The van der Waals surface area contributed by atoms with Gasteiger partial charge in [0.2, 0.25) is 0 Å². The van der Waals surface area contributed by atoms with Crippen LogP contribution in [0.5, 0.6) is 0 Å². The van der Waals surface area contributed by atoms with Crippen LogP contribution in [-0.2, 0) is 0 Å². The Kier molecular flexibility index (Phi) is 3.97. The van der Waals surface area contributed by atoms with Crippen LogP contribution in [0, 0.1) is 6.92 Å². The first-order valence-electron chi connectivity index (χ1n) is 4.96. The largest absolute Gasteiger partial charge is 0.320 e. The van der Waals surface area contributed by atoms with E-state index in [1.54, 1.807) is 0 Å². The molecule has 1 unspecified atom stereocenters. The molecule has 13 heavy (non-hydrogen) atoms. The molecule has 1 aromatic carbocycles. The summed E-state index contributed by atoms with van der Waals surface area (Å²) in [4.78, 5) is 0. The molecule has 72 valence electrons. The Bertz CT molecular complexity index is 255. The highest BCUT2D eigenvalue weighted by Gasteiger charge is 2.06. The number of nitrogens with one attached hydrogen (secondary N) is 1. The van der Waals surface area contributed by atoms with Gasteiger partial charge in [0.25, 0.3) is 0 Å². The number of hydrogen-bond donors (Lipinski definition) is 1. The number of rotatable bonds is 4. The molecule has 0 saturated heterocycles. The van der Waals surface area contributed by atoms with E-state index in [9.17, 15) is 0 Å². The Morgan fingerprint density at radius 1 is 1.31 bits per heavy atom. The molecule has 0 fully saturated rings. The van der Waals surface area contributed by atoms with Gasteiger partial charge in [-0.25, -0.2) is 0 Å². The summed E-state index contributed by atoms with van der Waals surface area (Å²) in [6.45, 7) is 5.57. The highest BCUT2D eigenvalue weighted by molar-refractivity contribution is 5.28. The summed E-state index contributed by atoms with van der Waals surface area (Å²) in [5, 5.41) is 3.19. The predicted molar refractivity (Wildman–Crippen MR) is 58.1 cm³/mol. The molecule has 0 aliphatic heterocycles. The van der Waals surface area contributed by atoms with Crippen LogP contribution in [-0.4, -0.2) is 13.6 Å². The summed E-state index contributed by atoms with van der Waals surface area (Å²) >= 11 is 0. The van der Waals surface area contributed by atoms with Crippen LogP contribution in [0.3, 0.4) is 0 Å². The number of benzene rings is 1. The Hall–Kier alpha value is -0.820. The summed E-state index contributed by atoms with van der Waals surface area (Å²) in [5.74, 6) is 0.661. The van der Waals surface area contributed by atoms with Gasteiger partial charge in [0.05, 0.1) is 0 Å². The fourth-order valence-corrected chi connectivity index (χ4v) is 1.66. The molecule has 1 rings (SSSR count). The van der Waals surface area contributed by atoms with Gasteiger partial charge < -0.3 is 5.32 Å².